The van der Waals surface area contributed by atoms with Gasteiger partial charge in [-0.05, 0) is 77.0 Å². The Labute approximate surface area is 292 Å². The molecule has 0 fully saturated rings. The van der Waals surface area contributed by atoms with Crippen LogP contribution in [0.15, 0.2) is 24.3 Å². The molecule has 2 unspecified atom stereocenters. The molecule has 0 amide bonds. The number of carbonyl (C=O) groups excluding carboxylic acids is 2. The van der Waals surface area contributed by atoms with Crippen molar-refractivity contribution in [2.75, 3.05) is 0 Å². The number of nitrogens with one attached hydrogen (secondary N) is 1. The SMILES string of the molecule is CCCCCCCCC=CCCCCCCCC(=O)OC(CC)NC(CC)OC(=O)CCCCCCC/C=C\CCCCCCCC. The maximum Gasteiger partial charge on any atom is 0.307 e. The fraction of sp³-hybridized carbons (Fsp3) is 0.857. The molecule has 0 aliphatic heterocycles. The van der Waals surface area contributed by atoms with Gasteiger partial charge in [0.15, 0.2) is 12.5 Å². The lowest BCUT2D eigenvalue weighted by atomic mass is 10.1. The highest BCUT2D eigenvalue weighted by atomic mass is 16.6. The highest BCUT2D eigenvalue weighted by molar-refractivity contribution is 5.70. The van der Waals surface area contributed by atoms with Gasteiger partial charge in [-0.1, -0.05) is 155 Å². The summed E-state index contributed by atoms with van der Waals surface area (Å²) in [7, 11) is 0. The number of ether oxygens (including phenoxy) is 2. The van der Waals surface area contributed by atoms with E-state index in [9.17, 15) is 9.59 Å². The molecule has 0 aliphatic carbocycles. The largest absolute Gasteiger partial charge is 0.446 e. The second-order valence-electron chi connectivity index (χ2n) is 13.6. The van der Waals surface area contributed by atoms with Crippen LogP contribution in [-0.4, -0.2) is 24.4 Å². The Morgan fingerprint density at radius 3 is 1.00 bits per heavy atom. The number of rotatable bonds is 36. The predicted octanol–water partition coefficient (Wildman–Crippen LogP) is 13.2. The van der Waals surface area contributed by atoms with Crippen molar-refractivity contribution < 1.29 is 19.1 Å². The highest BCUT2D eigenvalue weighted by Crippen LogP contribution is 2.13. The van der Waals surface area contributed by atoms with Gasteiger partial charge in [-0.2, -0.15) is 0 Å². The lowest BCUT2D eigenvalue weighted by Crippen LogP contribution is -2.43. The van der Waals surface area contributed by atoms with Crippen molar-refractivity contribution in [2.24, 2.45) is 0 Å². The van der Waals surface area contributed by atoms with E-state index in [0.29, 0.717) is 25.7 Å². The Hall–Kier alpha value is -1.62. The van der Waals surface area contributed by atoms with Crippen molar-refractivity contribution in [3.05, 3.63) is 24.3 Å². The monoisotopic (exact) mass is 662 g/mol. The van der Waals surface area contributed by atoms with Crippen molar-refractivity contribution in [1.82, 2.24) is 5.32 Å². The third-order valence-corrected chi connectivity index (χ3v) is 8.95. The molecule has 2 atom stereocenters. The summed E-state index contributed by atoms with van der Waals surface area (Å²) in [5.41, 5.74) is 0. The van der Waals surface area contributed by atoms with Crippen LogP contribution in [-0.2, 0) is 19.1 Å². The zero-order valence-electron chi connectivity index (χ0n) is 31.8. The molecule has 0 bridgehead atoms. The second kappa shape index (κ2) is 37.2. The molecule has 0 saturated carbocycles. The van der Waals surface area contributed by atoms with Gasteiger partial charge in [-0.25, -0.2) is 5.32 Å². The Morgan fingerprint density at radius 2 is 0.702 bits per heavy atom. The quantitative estimate of drug-likeness (QED) is 0.0313. The number of unbranched alkanes of at least 4 members (excludes halogenated alkanes) is 22. The molecule has 0 rings (SSSR count). The molecule has 5 nitrogen and oxygen atoms in total. The van der Waals surface area contributed by atoms with Gasteiger partial charge in [0.25, 0.3) is 0 Å². The van der Waals surface area contributed by atoms with Gasteiger partial charge in [0.2, 0.25) is 0 Å². The van der Waals surface area contributed by atoms with Gasteiger partial charge < -0.3 is 9.47 Å². The van der Waals surface area contributed by atoms with Crippen LogP contribution in [0.25, 0.3) is 0 Å². The second-order valence-corrected chi connectivity index (χ2v) is 13.6. The zero-order chi connectivity index (χ0) is 34.5. The summed E-state index contributed by atoms with van der Waals surface area (Å²) in [6.07, 6.45) is 42.9. The smallest absolute Gasteiger partial charge is 0.307 e. The van der Waals surface area contributed by atoms with Crippen LogP contribution >= 0.6 is 0 Å². The van der Waals surface area contributed by atoms with Crippen LogP contribution < -0.4 is 5.32 Å². The van der Waals surface area contributed by atoms with E-state index in [1.807, 2.05) is 13.8 Å². The van der Waals surface area contributed by atoms with Crippen LogP contribution in [0.5, 0.6) is 0 Å². The average molecular weight is 662 g/mol. The number of allylic oxidation sites excluding steroid dienone is 4. The summed E-state index contributed by atoms with van der Waals surface area (Å²) in [5.74, 6) is -0.340. The maximum atomic E-state index is 12.4. The van der Waals surface area contributed by atoms with Crippen molar-refractivity contribution in [3.63, 3.8) is 0 Å². The normalized spacial score (nSPS) is 13.0. The predicted molar refractivity (Wildman–Crippen MR) is 202 cm³/mol. The van der Waals surface area contributed by atoms with Gasteiger partial charge in [0, 0.05) is 12.8 Å². The minimum atomic E-state index is -0.428. The number of hydrogen-bond acceptors (Lipinski definition) is 5. The first-order valence-corrected chi connectivity index (χ1v) is 20.5. The number of carbonyl (C=O) groups is 2. The summed E-state index contributed by atoms with van der Waals surface area (Å²) in [4.78, 5) is 24.8. The molecule has 0 aliphatic rings. The summed E-state index contributed by atoms with van der Waals surface area (Å²) in [6, 6.07) is 0. The molecule has 0 spiro atoms. The van der Waals surface area contributed by atoms with Gasteiger partial charge in [-0.15, -0.1) is 0 Å². The minimum Gasteiger partial charge on any atom is -0.446 e. The zero-order valence-corrected chi connectivity index (χ0v) is 31.8. The van der Waals surface area contributed by atoms with Crippen LogP contribution in [0.3, 0.4) is 0 Å². The Kier molecular flexibility index (Phi) is 35.9. The molecule has 47 heavy (non-hydrogen) atoms. The van der Waals surface area contributed by atoms with E-state index in [4.69, 9.17) is 9.47 Å². The molecule has 0 aromatic rings. The molecule has 0 aromatic carbocycles. The Balaban J connectivity index is 3.80. The van der Waals surface area contributed by atoms with Crippen molar-refractivity contribution in [2.45, 2.75) is 233 Å². The number of esters is 2. The molecular formula is C42H79NO4. The first kappa shape index (κ1) is 45.4. The van der Waals surface area contributed by atoms with E-state index in [-0.39, 0.29) is 11.9 Å². The first-order chi connectivity index (χ1) is 23.1. The van der Waals surface area contributed by atoms with Crippen molar-refractivity contribution in [1.29, 1.82) is 0 Å². The van der Waals surface area contributed by atoms with Crippen LogP contribution in [0.2, 0.25) is 0 Å². The molecule has 0 saturated heterocycles. The van der Waals surface area contributed by atoms with Crippen molar-refractivity contribution >= 4 is 11.9 Å². The third-order valence-electron chi connectivity index (χ3n) is 8.95. The Bertz CT molecular complexity index is 674. The van der Waals surface area contributed by atoms with Gasteiger partial charge in [0.05, 0.1) is 0 Å². The lowest BCUT2D eigenvalue weighted by molar-refractivity contribution is -0.159. The molecule has 1 N–H and O–H groups in total. The van der Waals surface area contributed by atoms with Crippen LogP contribution in [0.4, 0.5) is 0 Å². The summed E-state index contributed by atoms with van der Waals surface area (Å²) < 4.78 is 11.3. The van der Waals surface area contributed by atoms with E-state index >= 15 is 0 Å². The molecule has 276 valence electrons. The minimum absolute atomic E-state index is 0.170. The van der Waals surface area contributed by atoms with Crippen LogP contribution in [0.1, 0.15) is 220 Å². The summed E-state index contributed by atoms with van der Waals surface area (Å²) in [6.45, 7) is 8.49. The van der Waals surface area contributed by atoms with Gasteiger partial charge in [-0.3, -0.25) is 9.59 Å². The van der Waals surface area contributed by atoms with Crippen LogP contribution in [0, 0.1) is 0 Å². The van der Waals surface area contributed by atoms with Gasteiger partial charge in [0.1, 0.15) is 0 Å². The van der Waals surface area contributed by atoms with Crippen molar-refractivity contribution in [3.8, 4) is 0 Å². The van der Waals surface area contributed by atoms with E-state index in [0.717, 1.165) is 25.7 Å². The van der Waals surface area contributed by atoms with E-state index in [2.05, 4.69) is 43.5 Å². The Morgan fingerprint density at radius 1 is 0.426 bits per heavy atom. The molecule has 0 aromatic heterocycles. The van der Waals surface area contributed by atoms with E-state index in [1.54, 1.807) is 0 Å². The molecule has 5 heteroatoms. The topological polar surface area (TPSA) is 64.6 Å². The van der Waals surface area contributed by atoms with E-state index in [1.165, 1.54) is 141 Å². The molecular weight excluding hydrogens is 582 g/mol. The fourth-order valence-electron chi connectivity index (χ4n) is 5.79. The van der Waals surface area contributed by atoms with Gasteiger partial charge >= 0.3 is 11.9 Å². The number of hydrogen-bond donors (Lipinski definition) is 1. The molecule has 0 heterocycles. The molecule has 0 radical (unpaired) electrons. The van der Waals surface area contributed by atoms with E-state index < -0.39 is 12.5 Å². The maximum absolute atomic E-state index is 12.4. The fourth-order valence-corrected chi connectivity index (χ4v) is 5.79. The lowest BCUT2D eigenvalue weighted by Gasteiger charge is -2.24. The first-order valence-electron chi connectivity index (χ1n) is 20.5. The summed E-state index contributed by atoms with van der Waals surface area (Å²) in [5, 5.41) is 3.22. The standard InChI is InChI=1S/C42H79NO4/c1-5-9-11-13-15-17-19-21-23-25-27-29-31-33-35-37-41(44)46-39(7-3)43-40(8-4)47-42(45)38-36-34-32-30-28-26-24-22-20-18-16-14-12-10-6-2/h21-24,39-40,43H,5-20,25-38H2,1-4H3/b23-21-,24-22?. The summed E-state index contributed by atoms with van der Waals surface area (Å²) >= 11 is 0. The third kappa shape index (κ3) is 34.1. The average Bonchev–Trinajstić information content (AvgIpc) is 3.07. The highest BCUT2D eigenvalue weighted by Gasteiger charge is 2.19.